The smallest absolute Gasteiger partial charge is 0.213 e. The first-order chi connectivity index (χ1) is 12.3. The van der Waals surface area contributed by atoms with Crippen molar-refractivity contribution in [2.45, 2.75) is 13.5 Å². The summed E-state index contributed by atoms with van der Waals surface area (Å²) in [6.07, 6.45) is 3.63. The highest BCUT2D eigenvalue weighted by Crippen LogP contribution is 2.31. The molecule has 0 aliphatic rings. The molecule has 0 radical (unpaired) electrons. The van der Waals surface area contributed by atoms with Gasteiger partial charge in [0.05, 0.1) is 6.61 Å². The molecule has 25 heavy (non-hydrogen) atoms. The maximum atomic E-state index is 5.75. The molecule has 0 bridgehead atoms. The van der Waals surface area contributed by atoms with Gasteiger partial charge in [-0.3, -0.25) is 0 Å². The van der Waals surface area contributed by atoms with Crippen LogP contribution in [0.3, 0.4) is 0 Å². The van der Waals surface area contributed by atoms with E-state index in [9.17, 15) is 0 Å². The van der Waals surface area contributed by atoms with Crippen molar-refractivity contribution in [2.24, 2.45) is 0 Å². The standard InChI is InChI=1S/C22H21NO2/c1-3-17-10-12-21(24-4-2)20(14-17)19-11-13-22(23-15-19)25-16-18-8-6-5-7-9-18/h3,5-15H,1,4,16H2,2H3. The van der Waals surface area contributed by atoms with Crippen LogP contribution in [0.15, 0.2) is 73.4 Å². The van der Waals surface area contributed by atoms with Crippen LogP contribution in [-0.4, -0.2) is 11.6 Å². The summed E-state index contributed by atoms with van der Waals surface area (Å²) in [5.41, 5.74) is 4.15. The average Bonchev–Trinajstić information content (AvgIpc) is 2.68. The van der Waals surface area contributed by atoms with Gasteiger partial charge < -0.3 is 9.47 Å². The van der Waals surface area contributed by atoms with E-state index in [1.165, 1.54) is 0 Å². The SMILES string of the molecule is C=Cc1ccc(OCC)c(-c2ccc(OCc3ccccc3)nc2)c1. The Morgan fingerprint density at radius 2 is 1.84 bits per heavy atom. The number of rotatable bonds is 7. The Kier molecular flexibility index (Phi) is 5.47. The van der Waals surface area contributed by atoms with Gasteiger partial charge >= 0.3 is 0 Å². The largest absolute Gasteiger partial charge is 0.493 e. The highest BCUT2D eigenvalue weighted by Gasteiger charge is 2.08. The molecule has 126 valence electrons. The van der Waals surface area contributed by atoms with Gasteiger partial charge in [0.2, 0.25) is 5.88 Å². The first-order valence-corrected chi connectivity index (χ1v) is 8.32. The zero-order chi connectivity index (χ0) is 17.5. The van der Waals surface area contributed by atoms with Crippen molar-refractivity contribution in [1.82, 2.24) is 4.98 Å². The van der Waals surface area contributed by atoms with E-state index in [4.69, 9.17) is 9.47 Å². The fraction of sp³-hybridized carbons (Fsp3) is 0.136. The lowest BCUT2D eigenvalue weighted by Crippen LogP contribution is -1.98. The average molecular weight is 331 g/mol. The minimum atomic E-state index is 0.503. The van der Waals surface area contributed by atoms with Crippen LogP contribution in [0.25, 0.3) is 17.2 Å². The molecule has 3 aromatic rings. The Balaban J connectivity index is 1.78. The molecule has 1 heterocycles. The summed E-state index contributed by atoms with van der Waals surface area (Å²) < 4.78 is 11.5. The monoisotopic (exact) mass is 331 g/mol. The van der Waals surface area contributed by atoms with E-state index in [2.05, 4.69) is 17.6 Å². The van der Waals surface area contributed by atoms with Crippen LogP contribution in [0.5, 0.6) is 11.6 Å². The zero-order valence-electron chi connectivity index (χ0n) is 14.3. The number of ether oxygens (including phenoxy) is 2. The van der Waals surface area contributed by atoms with Gasteiger partial charge in [0, 0.05) is 23.4 Å². The Morgan fingerprint density at radius 1 is 1.00 bits per heavy atom. The van der Waals surface area contributed by atoms with E-state index >= 15 is 0 Å². The first kappa shape index (κ1) is 16.8. The van der Waals surface area contributed by atoms with E-state index in [1.54, 1.807) is 0 Å². The molecular weight excluding hydrogens is 310 g/mol. The van der Waals surface area contributed by atoms with Gasteiger partial charge in [-0.25, -0.2) is 4.98 Å². The second kappa shape index (κ2) is 8.15. The lowest BCUT2D eigenvalue weighted by molar-refractivity contribution is 0.294. The summed E-state index contributed by atoms with van der Waals surface area (Å²) in [7, 11) is 0. The predicted molar refractivity (Wildman–Crippen MR) is 102 cm³/mol. The number of hydrogen-bond donors (Lipinski definition) is 0. The third kappa shape index (κ3) is 4.27. The minimum Gasteiger partial charge on any atom is -0.493 e. The molecule has 0 saturated carbocycles. The molecule has 0 N–H and O–H groups in total. The van der Waals surface area contributed by atoms with Gasteiger partial charge in [0.1, 0.15) is 12.4 Å². The second-order valence-corrected chi connectivity index (χ2v) is 5.55. The number of aromatic nitrogens is 1. The normalized spacial score (nSPS) is 10.3. The molecule has 1 aromatic heterocycles. The first-order valence-electron chi connectivity index (χ1n) is 8.32. The van der Waals surface area contributed by atoms with Crippen molar-refractivity contribution in [3.05, 3.63) is 84.6 Å². The lowest BCUT2D eigenvalue weighted by atomic mass is 10.0. The van der Waals surface area contributed by atoms with E-state index in [-0.39, 0.29) is 0 Å². The molecule has 0 fully saturated rings. The molecule has 0 spiro atoms. The summed E-state index contributed by atoms with van der Waals surface area (Å²) >= 11 is 0. The maximum Gasteiger partial charge on any atom is 0.213 e. The third-order valence-electron chi connectivity index (χ3n) is 3.82. The molecule has 3 rings (SSSR count). The molecular formula is C22H21NO2. The van der Waals surface area contributed by atoms with Gasteiger partial charge in [0.15, 0.2) is 0 Å². The molecule has 0 aliphatic carbocycles. The van der Waals surface area contributed by atoms with Crippen LogP contribution < -0.4 is 9.47 Å². The van der Waals surface area contributed by atoms with E-state index in [0.29, 0.717) is 19.1 Å². The maximum absolute atomic E-state index is 5.75. The number of hydrogen-bond acceptors (Lipinski definition) is 3. The number of nitrogens with zero attached hydrogens (tertiary/aromatic N) is 1. The van der Waals surface area contributed by atoms with Gasteiger partial charge in [-0.2, -0.15) is 0 Å². The molecule has 0 aliphatic heterocycles. The van der Waals surface area contributed by atoms with Gasteiger partial charge in [-0.15, -0.1) is 0 Å². The van der Waals surface area contributed by atoms with Crippen LogP contribution >= 0.6 is 0 Å². The fourth-order valence-electron chi connectivity index (χ4n) is 2.54. The predicted octanol–water partition coefficient (Wildman–Crippen LogP) is 5.37. The molecule has 0 saturated heterocycles. The van der Waals surface area contributed by atoms with Crippen LogP contribution in [-0.2, 0) is 6.61 Å². The summed E-state index contributed by atoms with van der Waals surface area (Å²) in [5, 5.41) is 0. The fourth-order valence-corrected chi connectivity index (χ4v) is 2.54. The topological polar surface area (TPSA) is 31.4 Å². The quantitative estimate of drug-likeness (QED) is 0.583. The Labute approximate surface area is 148 Å². The molecule has 0 unspecified atom stereocenters. The van der Waals surface area contributed by atoms with Crippen LogP contribution in [0, 0.1) is 0 Å². The summed E-state index contributed by atoms with van der Waals surface area (Å²) in [5.74, 6) is 1.44. The van der Waals surface area contributed by atoms with Crippen molar-refractivity contribution < 1.29 is 9.47 Å². The van der Waals surface area contributed by atoms with E-state index in [1.807, 2.05) is 73.8 Å². The Morgan fingerprint density at radius 3 is 2.52 bits per heavy atom. The highest BCUT2D eigenvalue weighted by atomic mass is 16.5. The van der Waals surface area contributed by atoms with Crippen molar-refractivity contribution in [3.63, 3.8) is 0 Å². The van der Waals surface area contributed by atoms with Crippen LogP contribution in [0.1, 0.15) is 18.1 Å². The molecule has 0 amide bonds. The summed E-state index contributed by atoms with van der Waals surface area (Å²) in [6, 6.07) is 19.9. The van der Waals surface area contributed by atoms with Crippen molar-refractivity contribution in [2.75, 3.05) is 6.61 Å². The molecule has 3 nitrogen and oxygen atoms in total. The van der Waals surface area contributed by atoms with E-state index < -0.39 is 0 Å². The van der Waals surface area contributed by atoms with Crippen molar-refractivity contribution in [1.29, 1.82) is 0 Å². The van der Waals surface area contributed by atoms with Crippen LogP contribution in [0.2, 0.25) is 0 Å². The minimum absolute atomic E-state index is 0.503. The van der Waals surface area contributed by atoms with Gasteiger partial charge in [-0.1, -0.05) is 49.1 Å². The molecule has 3 heteroatoms. The van der Waals surface area contributed by atoms with Gasteiger partial charge in [0.25, 0.3) is 0 Å². The summed E-state index contributed by atoms with van der Waals surface area (Å²) in [6.45, 7) is 6.93. The zero-order valence-corrected chi connectivity index (χ0v) is 14.3. The molecule has 0 atom stereocenters. The Bertz CT molecular complexity index is 826. The van der Waals surface area contributed by atoms with Crippen LogP contribution in [0.4, 0.5) is 0 Å². The second-order valence-electron chi connectivity index (χ2n) is 5.55. The Hall–Kier alpha value is -3.07. The van der Waals surface area contributed by atoms with Gasteiger partial charge in [-0.05, 0) is 36.2 Å². The van der Waals surface area contributed by atoms with Crippen molar-refractivity contribution in [3.8, 4) is 22.8 Å². The summed E-state index contributed by atoms with van der Waals surface area (Å²) in [4.78, 5) is 4.42. The molecule has 2 aromatic carbocycles. The number of pyridine rings is 1. The third-order valence-corrected chi connectivity index (χ3v) is 3.82. The highest BCUT2D eigenvalue weighted by molar-refractivity contribution is 5.73. The number of benzene rings is 2. The van der Waals surface area contributed by atoms with E-state index in [0.717, 1.165) is 28.0 Å². The van der Waals surface area contributed by atoms with Crippen molar-refractivity contribution >= 4 is 6.08 Å². The lowest BCUT2D eigenvalue weighted by Gasteiger charge is -2.12.